The van der Waals surface area contributed by atoms with Gasteiger partial charge in [0.15, 0.2) is 0 Å². The Balaban J connectivity index is 1.55. The van der Waals surface area contributed by atoms with Gasteiger partial charge in [-0.15, -0.1) is 11.3 Å². The van der Waals surface area contributed by atoms with Crippen LogP contribution in [-0.4, -0.2) is 33.8 Å². The number of hydrogen-bond acceptors (Lipinski definition) is 5. The number of aliphatic hydroxyl groups is 1. The number of anilines is 1. The predicted octanol–water partition coefficient (Wildman–Crippen LogP) is 4.34. The van der Waals surface area contributed by atoms with Crippen molar-refractivity contribution in [2.45, 2.75) is 76.9 Å². The molecule has 2 aromatic heterocycles. The molecule has 140 valence electrons. The lowest BCUT2D eigenvalue weighted by Gasteiger charge is -2.40. The van der Waals surface area contributed by atoms with E-state index in [9.17, 15) is 5.11 Å². The van der Waals surface area contributed by atoms with Crippen molar-refractivity contribution < 1.29 is 5.11 Å². The standard InChI is InChI=1S/C21H29N3OS/c1-13-8-9-17(25)15(11-13)16-6-4-10-24(16)20-19-14-5-2-3-7-18(14)26-21(19)23-12-22-20/h12-13,15-17,25H,2-11H2,1H3. The van der Waals surface area contributed by atoms with Gasteiger partial charge in [0.05, 0.1) is 11.5 Å². The van der Waals surface area contributed by atoms with Gasteiger partial charge in [0.25, 0.3) is 0 Å². The molecule has 3 heterocycles. The molecule has 0 spiro atoms. The molecular formula is C21H29N3OS. The van der Waals surface area contributed by atoms with Crippen LogP contribution in [0.5, 0.6) is 0 Å². The molecule has 0 amide bonds. The van der Waals surface area contributed by atoms with Crippen LogP contribution >= 0.6 is 11.3 Å². The average molecular weight is 372 g/mol. The molecule has 5 heteroatoms. The van der Waals surface area contributed by atoms with Crippen LogP contribution in [0.15, 0.2) is 6.33 Å². The van der Waals surface area contributed by atoms with Gasteiger partial charge in [-0.25, -0.2) is 9.97 Å². The van der Waals surface area contributed by atoms with Gasteiger partial charge >= 0.3 is 0 Å². The van der Waals surface area contributed by atoms with E-state index in [1.54, 1.807) is 6.33 Å². The highest BCUT2D eigenvalue weighted by atomic mass is 32.1. The van der Waals surface area contributed by atoms with Crippen LogP contribution in [0.2, 0.25) is 0 Å². The molecular weight excluding hydrogens is 342 g/mol. The van der Waals surface area contributed by atoms with E-state index in [1.165, 1.54) is 65.6 Å². The Morgan fingerprint density at radius 3 is 2.92 bits per heavy atom. The predicted molar refractivity (Wildman–Crippen MR) is 107 cm³/mol. The van der Waals surface area contributed by atoms with Crippen molar-refractivity contribution in [3.8, 4) is 0 Å². The summed E-state index contributed by atoms with van der Waals surface area (Å²) in [6, 6.07) is 0.435. The first kappa shape index (κ1) is 16.9. The SMILES string of the molecule is CC1CCC(O)C(C2CCCN2c2ncnc3sc4c(c23)CCCC4)C1. The number of aromatic nitrogens is 2. The molecule has 1 saturated heterocycles. The van der Waals surface area contributed by atoms with E-state index in [1.807, 2.05) is 11.3 Å². The van der Waals surface area contributed by atoms with Crippen molar-refractivity contribution in [1.29, 1.82) is 0 Å². The summed E-state index contributed by atoms with van der Waals surface area (Å²) in [4.78, 5) is 14.7. The van der Waals surface area contributed by atoms with Crippen molar-refractivity contribution in [3.63, 3.8) is 0 Å². The number of rotatable bonds is 2. The van der Waals surface area contributed by atoms with Crippen molar-refractivity contribution >= 4 is 27.4 Å². The molecule has 2 aromatic rings. The van der Waals surface area contributed by atoms with Crippen LogP contribution in [-0.2, 0) is 12.8 Å². The number of fused-ring (bicyclic) bond motifs is 3. The third-order valence-electron chi connectivity index (χ3n) is 6.92. The molecule has 1 N–H and O–H groups in total. The minimum atomic E-state index is -0.148. The van der Waals surface area contributed by atoms with Gasteiger partial charge in [0.2, 0.25) is 0 Å². The Hall–Kier alpha value is -1.20. The maximum absolute atomic E-state index is 10.7. The minimum absolute atomic E-state index is 0.148. The summed E-state index contributed by atoms with van der Waals surface area (Å²) in [5.41, 5.74) is 1.52. The summed E-state index contributed by atoms with van der Waals surface area (Å²) >= 11 is 1.88. The molecule has 2 aliphatic carbocycles. The number of nitrogens with zero attached hydrogens (tertiary/aromatic N) is 3. The fourth-order valence-electron chi connectivity index (χ4n) is 5.61. The second-order valence-corrected chi connectivity index (χ2v) is 9.72. The van der Waals surface area contributed by atoms with E-state index in [2.05, 4.69) is 16.8 Å². The maximum Gasteiger partial charge on any atom is 0.141 e. The van der Waals surface area contributed by atoms with E-state index < -0.39 is 0 Å². The molecule has 0 aromatic carbocycles. The lowest BCUT2D eigenvalue weighted by molar-refractivity contribution is 0.0390. The molecule has 5 rings (SSSR count). The Morgan fingerprint density at radius 2 is 2.00 bits per heavy atom. The quantitative estimate of drug-likeness (QED) is 0.853. The Labute approximate surface area is 159 Å². The maximum atomic E-state index is 10.7. The van der Waals surface area contributed by atoms with Gasteiger partial charge in [0.1, 0.15) is 17.0 Å². The topological polar surface area (TPSA) is 49.2 Å². The van der Waals surface area contributed by atoms with Gasteiger partial charge in [0, 0.05) is 23.4 Å². The van der Waals surface area contributed by atoms with Gasteiger partial charge < -0.3 is 10.0 Å². The van der Waals surface area contributed by atoms with Crippen LogP contribution in [0, 0.1) is 11.8 Å². The van der Waals surface area contributed by atoms with Crippen molar-refractivity contribution in [3.05, 3.63) is 16.8 Å². The molecule has 4 atom stereocenters. The fraction of sp³-hybridized carbons (Fsp3) is 0.714. The molecule has 0 radical (unpaired) electrons. The smallest absolute Gasteiger partial charge is 0.141 e. The molecule has 1 aliphatic heterocycles. The third-order valence-corrected chi connectivity index (χ3v) is 8.12. The Kier molecular flexibility index (Phi) is 4.40. The van der Waals surface area contributed by atoms with Crippen LogP contribution in [0.3, 0.4) is 0 Å². The van der Waals surface area contributed by atoms with E-state index in [0.29, 0.717) is 12.0 Å². The van der Waals surface area contributed by atoms with Gasteiger partial charge in [-0.3, -0.25) is 0 Å². The Morgan fingerprint density at radius 1 is 1.12 bits per heavy atom. The van der Waals surface area contributed by atoms with Crippen LogP contribution in [0.1, 0.15) is 62.3 Å². The highest BCUT2D eigenvalue weighted by molar-refractivity contribution is 7.19. The zero-order chi connectivity index (χ0) is 17.7. The van der Waals surface area contributed by atoms with Gasteiger partial charge in [-0.05, 0) is 69.3 Å². The first-order valence-corrected chi connectivity index (χ1v) is 11.2. The van der Waals surface area contributed by atoms with Crippen molar-refractivity contribution in [2.75, 3.05) is 11.4 Å². The number of thiophene rings is 1. The third kappa shape index (κ3) is 2.75. The van der Waals surface area contributed by atoms with Crippen LogP contribution < -0.4 is 4.90 Å². The molecule has 26 heavy (non-hydrogen) atoms. The van der Waals surface area contributed by atoms with E-state index >= 15 is 0 Å². The zero-order valence-corrected chi connectivity index (χ0v) is 16.5. The summed E-state index contributed by atoms with van der Waals surface area (Å²) in [7, 11) is 0. The molecule has 4 nitrogen and oxygen atoms in total. The van der Waals surface area contributed by atoms with Crippen molar-refractivity contribution in [1.82, 2.24) is 9.97 Å². The number of aryl methyl sites for hydroxylation is 2. The summed E-state index contributed by atoms with van der Waals surface area (Å²) in [6.45, 7) is 3.41. The Bertz CT molecular complexity index is 804. The van der Waals surface area contributed by atoms with E-state index in [0.717, 1.165) is 31.1 Å². The second-order valence-electron chi connectivity index (χ2n) is 8.64. The average Bonchev–Trinajstić information content (AvgIpc) is 3.28. The van der Waals surface area contributed by atoms with E-state index in [4.69, 9.17) is 4.98 Å². The van der Waals surface area contributed by atoms with Crippen molar-refractivity contribution in [2.24, 2.45) is 11.8 Å². The molecule has 2 fully saturated rings. The zero-order valence-electron chi connectivity index (χ0n) is 15.7. The molecule has 3 aliphatic rings. The van der Waals surface area contributed by atoms with Crippen LogP contribution in [0.4, 0.5) is 5.82 Å². The summed E-state index contributed by atoms with van der Waals surface area (Å²) in [5.74, 6) is 2.27. The van der Waals surface area contributed by atoms with Gasteiger partial charge in [-0.1, -0.05) is 6.92 Å². The highest BCUT2D eigenvalue weighted by Crippen LogP contribution is 2.43. The number of aliphatic hydroxyl groups excluding tert-OH is 1. The molecule has 4 unspecified atom stereocenters. The lowest BCUT2D eigenvalue weighted by Crippen LogP contribution is -2.44. The first-order valence-electron chi connectivity index (χ1n) is 10.4. The van der Waals surface area contributed by atoms with E-state index in [-0.39, 0.29) is 6.10 Å². The second kappa shape index (κ2) is 6.75. The fourth-order valence-corrected chi connectivity index (χ4v) is 6.84. The molecule has 1 saturated carbocycles. The lowest BCUT2D eigenvalue weighted by atomic mass is 9.76. The largest absolute Gasteiger partial charge is 0.393 e. The number of hydrogen-bond donors (Lipinski definition) is 1. The molecule has 0 bridgehead atoms. The van der Waals surface area contributed by atoms with Gasteiger partial charge in [-0.2, -0.15) is 0 Å². The monoisotopic (exact) mass is 371 g/mol. The normalized spacial score (nSPS) is 32.2. The first-order chi connectivity index (χ1) is 12.7. The minimum Gasteiger partial charge on any atom is -0.393 e. The summed E-state index contributed by atoms with van der Waals surface area (Å²) in [6.07, 6.45) is 12.3. The van der Waals surface area contributed by atoms with Crippen LogP contribution in [0.25, 0.3) is 10.2 Å². The highest BCUT2D eigenvalue weighted by Gasteiger charge is 2.40. The summed E-state index contributed by atoms with van der Waals surface area (Å²) < 4.78 is 0. The summed E-state index contributed by atoms with van der Waals surface area (Å²) in [5, 5.41) is 12.1.